The summed E-state index contributed by atoms with van der Waals surface area (Å²) in [5.74, 6) is -2.03. The second kappa shape index (κ2) is 7.01. The van der Waals surface area contributed by atoms with Gasteiger partial charge in [-0.25, -0.2) is 19.0 Å². The topological polar surface area (TPSA) is 71.5 Å². The molecule has 9 heteroatoms. The summed E-state index contributed by atoms with van der Waals surface area (Å²) in [6.07, 6.45) is 3.13. The molecule has 0 unspecified atom stereocenters. The number of methoxy groups -OCH3 is 1. The maximum atomic E-state index is 14.3. The van der Waals surface area contributed by atoms with Gasteiger partial charge >= 0.3 is 12.0 Å². The molecule has 2 bridgehead atoms. The van der Waals surface area contributed by atoms with Crippen LogP contribution in [-0.2, 0) is 11.2 Å². The van der Waals surface area contributed by atoms with Gasteiger partial charge in [-0.05, 0) is 43.0 Å². The lowest BCUT2D eigenvalue weighted by Crippen LogP contribution is -2.44. The number of ether oxygens (including phenoxy) is 1. The van der Waals surface area contributed by atoms with E-state index in [1.54, 1.807) is 11.0 Å². The van der Waals surface area contributed by atoms with E-state index in [0.717, 1.165) is 17.7 Å². The molecule has 0 aliphatic carbocycles. The van der Waals surface area contributed by atoms with E-state index in [4.69, 9.17) is 11.6 Å². The van der Waals surface area contributed by atoms with Crippen LogP contribution in [0, 0.1) is 11.8 Å². The number of pyridine rings is 1. The zero-order chi connectivity index (χ0) is 20.0. The van der Waals surface area contributed by atoms with Crippen LogP contribution in [0.1, 0.15) is 40.4 Å². The standard InChI is InChI=1S/C19H16ClF2N3O3/c1-28-18(26)12-7-15(14(21)8-13(12)20)24-19(27)25-9-2-3-16(25)10-4-5-23-17(22)11(10)6-9/h4-5,7-9,16H,2-3,6H2,1H3,(H,24,27)/t9-,16+/m1/s1. The van der Waals surface area contributed by atoms with E-state index in [0.29, 0.717) is 24.8 Å². The number of urea groups is 1. The first-order valence-corrected chi connectivity index (χ1v) is 9.08. The summed E-state index contributed by atoms with van der Waals surface area (Å²) >= 11 is 5.88. The lowest BCUT2D eigenvalue weighted by molar-refractivity contribution is 0.0601. The number of nitrogens with one attached hydrogen (secondary N) is 1. The van der Waals surface area contributed by atoms with Gasteiger partial charge in [0.05, 0.1) is 29.4 Å². The Hall–Kier alpha value is -2.74. The molecule has 6 nitrogen and oxygen atoms in total. The monoisotopic (exact) mass is 407 g/mol. The maximum Gasteiger partial charge on any atom is 0.339 e. The van der Waals surface area contributed by atoms with Crippen molar-refractivity contribution in [2.24, 2.45) is 0 Å². The molecule has 2 atom stereocenters. The van der Waals surface area contributed by atoms with E-state index in [1.807, 2.05) is 0 Å². The minimum atomic E-state index is -0.772. The first-order valence-electron chi connectivity index (χ1n) is 8.70. The maximum absolute atomic E-state index is 14.3. The molecule has 1 N–H and O–H groups in total. The first-order chi connectivity index (χ1) is 13.4. The second-order valence-electron chi connectivity index (χ2n) is 6.76. The highest BCUT2D eigenvalue weighted by molar-refractivity contribution is 6.33. The van der Waals surface area contributed by atoms with Crippen LogP contribution in [0.2, 0.25) is 5.02 Å². The highest BCUT2D eigenvalue weighted by Gasteiger charge is 2.43. The lowest BCUT2D eigenvalue weighted by atomic mass is 9.95. The van der Waals surface area contributed by atoms with Crippen molar-refractivity contribution < 1.29 is 23.1 Å². The van der Waals surface area contributed by atoms with Crippen LogP contribution < -0.4 is 5.32 Å². The summed E-state index contributed by atoms with van der Waals surface area (Å²) in [7, 11) is 1.18. The van der Waals surface area contributed by atoms with Crippen LogP contribution in [-0.4, -0.2) is 35.0 Å². The van der Waals surface area contributed by atoms with Gasteiger partial charge in [-0.15, -0.1) is 0 Å². The molecule has 1 aromatic heterocycles. The minimum absolute atomic E-state index is 0.0547. The third-order valence-corrected chi connectivity index (χ3v) is 5.59. The summed E-state index contributed by atoms with van der Waals surface area (Å²) in [4.78, 5) is 30.0. The smallest absolute Gasteiger partial charge is 0.339 e. The second-order valence-corrected chi connectivity index (χ2v) is 7.17. The largest absolute Gasteiger partial charge is 0.465 e. The van der Waals surface area contributed by atoms with E-state index in [2.05, 4.69) is 15.0 Å². The minimum Gasteiger partial charge on any atom is -0.465 e. The van der Waals surface area contributed by atoms with E-state index < -0.39 is 23.8 Å². The number of benzene rings is 1. The van der Waals surface area contributed by atoms with Crippen molar-refractivity contribution in [1.82, 2.24) is 9.88 Å². The highest BCUT2D eigenvalue weighted by Crippen LogP contribution is 2.44. The van der Waals surface area contributed by atoms with Crippen LogP contribution in [0.5, 0.6) is 0 Å². The molecule has 0 spiro atoms. The van der Waals surface area contributed by atoms with Crippen LogP contribution in [0.15, 0.2) is 24.4 Å². The molecule has 2 aliphatic heterocycles. The fraction of sp³-hybridized carbons (Fsp3) is 0.316. The predicted molar refractivity (Wildman–Crippen MR) is 97.3 cm³/mol. The van der Waals surface area contributed by atoms with E-state index in [-0.39, 0.29) is 28.4 Å². The van der Waals surface area contributed by atoms with Crippen molar-refractivity contribution in [2.45, 2.75) is 31.3 Å². The SMILES string of the molecule is COC(=O)c1cc(NC(=O)N2[C@@H]3CC[C@H]2c2ccnc(F)c2C3)c(F)cc1Cl. The Kier molecular flexibility index (Phi) is 4.66. The number of aromatic nitrogens is 1. The Morgan fingerprint density at radius 3 is 2.86 bits per heavy atom. The molecule has 2 amide bonds. The van der Waals surface area contributed by atoms with Crippen molar-refractivity contribution in [1.29, 1.82) is 0 Å². The number of amides is 2. The number of carbonyl (C=O) groups excluding carboxylic acids is 2. The molecule has 3 heterocycles. The fourth-order valence-corrected chi connectivity index (χ4v) is 4.24. The molecular formula is C19H16ClF2N3O3. The summed E-state index contributed by atoms with van der Waals surface area (Å²) < 4.78 is 32.9. The average molecular weight is 408 g/mol. The molecule has 28 heavy (non-hydrogen) atoms. The highest BCUT2D eigenvalue weighted by atomic mass is 35.5. The van der Waals surface area contributed by atoms with Gasteiger partial charge < -0.3 is 15.0 Å². The van der Waals surface area contributed by atoms with Gasteiger partial charge in [0.2, 0.25) is 5.95 Å². The molecule has 146 valence electrons. The normalized spacial score (nSPS) is 19.9. The number of fused-ring (bicyclic) bond motifs is 4. The Balaban J connectivity index is 1.63. The Morgan fingerprint density at radius 2 is 2.11 bits per heavy atom. The molecule has 1 aromatic carbocycles. The van der Waals surface area contributed by atoms with Crippen LogP contribution >= 0.6 is 11.6 Å². The molecule has 0 saturated carbocycles. The van der Waals surface area contributed by atoms with Crippen molar-refractivity contribution in [3.05, 3.63) is 57.9 Å². The van der Waals surface area contributed by atoms with E-state index in [9.17, 15) is 18.4 Å². The number of anilines is 1. The van der Waals surface area contributed by atoms with Gasteiger partial charge in [-0.1, -0.05) is 11.6 Å². The average Bonchev–Trinajstić information content (AvgIpc) is 2.99. The van der Waals surface area contributed by atoms with Gasteiger partial charge in [0.15, 0.2) is 0 Å². The molecule has 0 radical (unpaired) electrons. The fourth-order valence-electron chi connectivity index (χ4n) is 4.02. The summed E-state index contributed by atoms with van der Waals surface area (Å²) in [6.45, 7) is 0. The van der Waals surface area contributed by atoms with Crippen molar-refractivity contribution in [2.75, 3.05) is 12.4 Å². The zero-order valence-corrected chi connectivity index (χ0v) is 15.6. The Morgan fingerprint density at radius 1 is 1.32 bits per heavy atom. The van der Waals surface area contributed by atoms with Gasteiger partial charge in [-0.2, -0.15) is 4.39 Å². The number of carbonyl (C=O) groups is 2. The Bertz CT molecular complexity index is 985. The molecular weight excluding hydrogens is 392 g/mol. The number of nitrogens with zero attached hydrogens (tertiary/aromatic N) is 2. The van der Waals surface area contributed by atoms with E-state index >= 15 is 0 Å². The van der Waals surface area contributed by atoms with Crippen LogP contribution in [0.4, 0.5) is 19.3 Å². The summed E-state index contributed by atoms with van der Waals surface area (Å²) in [5, 5.41) is 2.40. The molecule has 4 rings (SSSR count). The lowest BCUT2D eigenvalue weighted by Gasteiger charge is -2.36. The number of rotatable bonds is 2. The Labute approximate surface area is 164 Å². The van der Waals surface area contributed by atoms with E-state index in [1.165, 1.54) is 13.3 Å². The first kappa shape index (κ1) is 18.6. The van der Waals surface area contributed by atoms with Gasteiger partial charge in [0.1, 0.15) is 5.82 Å². The molecule has 2 aliphatic rings. The van der Waals surface area contributed by atoms with Crippen molar-refractivity contribution in [3.63, 3.8) is 0 Å². The molecule has 1 saturated heterocycles. The number of hydrogen-bond acceptors (Lipinski definition) is 4. The van der Waals surface area contributed by atoms with Crippen molar-refractivity contribution in [3.8, 4) is 0 Å². The van der Waals surface area contributed by atoms with Gasteiger partial charge in [0.25, 0.3) is 0 Å². The summed E-state index contributed by atoms with van der Waals surface area (Å²) in [5.41, 5.74) is 1.02. The summed E-state index contributed by atoms with van der Waals surface area (Å²) in [6, 6.07) is 2.78. The predicted octanol–water partition coefficient (Wildman–Crippen LogP) is 4.09. The quantitative estimate of drug-likeness (QED) is 0.601. The van der Waals surface area contributed by atoms with Gasteiger partial charge in [-0.3, -0.25) is 0 Å². The third-order valence-electron chi connectivity index (χ3n) is 5.28. The van der Waals surface area contributed by atoms with Crippen LogP contribution in [0.25, 0.3) is 0 Å². The van der Waals surface area contributed by atoms with Gasteiger partial charge in [0, 0.05) is 17.8 Å². The molecule has 1 fully saturated rings. The number of esters is 1. The zero-order valence-electron chi connectivity index (χ0n) is 14.8. The van der Waals surface area contributed by atoms with Crippen LogP contribution in [0.3, 0.4) is 0 Å². The number of halogens is 3. The number of hydrogen-bond donors (Lipinski definition) is 1. The third kappa shape index (κ3) is 2.97. The molecule has 2 aromatic rings. The van der Waals surface area contributed by atoms with Crippen molar-refractivity contribution >= 4 is 29.3 Å².